The molecule has 1 rings (SSSR count). The number of unbranched alkanes of at least 4 members (excludes halogenated alkanes) is 17. The number of nitrogens with zero attached hydrogens (tertiary/aromatic N) is 3. The summed E-state index contributed by atoms with van der Waals surface area (Å²) in [5.74, 6) is 0.925. The first-order valence-corrected chi connectivity index (χ1v) is 11.0. The smallest absolute Gasteiger partial charge is 0.148 e. The normalized spacial score (nSPS) is 11.2. The molecule has 0 atom stereocenters. The highest BCUT2D eigenvalue weighted by Gasteiger charge is 1.97. The monoisotopic (exact) mass is 349 g/mol. The van der Waals surface area contributed by atoms with Gasteiger partial charge in [0, 0.05) is 6.42 Å². The van der Waals surface area contributed by atoms with Crippen LogP contribution in [0.2, 0.25) is 0 Å². The van der Waals surface area contributed by atoms with Crippen LogP contribution in [0, 0.1) is 6.92 Å². The lowest BCUT2D eigenvalue weighted by Crippen LogP contribution is -1.89. The van der Waals surface area contributed by atoms with Crippen molar-refractivity contribution in [1.29, 1.82) is 0 Å². The molecule has 0 saturated heterocycles. The van der Waals surface area contributed by atoms with Crippen LogP contribution in [-0.2, 0) is 6.42 Å². The van der Waals surface area contributed by atoms with Gasteiger partial charge >= 0.3 is 0 Å². The lowest BCUT2D eigenvalue weighted by Gasteiger charge is -2.03. The van der Waals surface area contributed by atoms with E-state index < -0.39 is 0 Å². The van der Waals surface area contributed by atoms with E-state index in [1.165, 1.54) is 109 Å². The average molecular weight is 350 g/mol. The second-order valence-corrected chi connectivity index (χ2v) is 7.46. The van der Waals surface area contributed by atoms with E-state index in [4.69, 9.17) is 0 Å². The summed E-state index contributed by atoms with van der Waals surface area (Å²) in [6.45, 7) is 3.90. The van der Waals surface area contributed by atoms with E-state index in [2.05, 4.69) is 27.5 Å². The van der Waals surface area contributed by atoms with Crippen LogP contribution in [0.25, 0.3) is 0 Å². The molecule has 0 aliphatic carbocycles. The summed E-state index contributed by atoms with van der Waals surface area (Å²) < 4.78 is 0. The summed E-state index contributed by atoms with van der Waals surface area (Å²) >= 11 is 0. The van der Waals surface area contributed by atoms with Crippen molar-refractivity contribution in [3.05, 3.63) is 12.7 Å². The molecular formula is C21H41N4. The van der Waals surface area contributed by atoms with Gasteiger partial charge < -0.3 is 0 Å². The van der Waals surface area contributed by atoms with Gasteiger partial charge in [0.1, 0.15) is 5.82 Å². The first-order chi connectivity index (χ1) is 12.4. The summed E-state index contributed by atoms with van der Waals surface area (Å²) in [6, 6.07) is 0. The van der Waals surface area contributed by atoms with Crippen LogP contribution in [0.5, 0.6) is 0 Å². The first kappa shape index (κ1) is 22.1. The summed E-state index contributed by atoms with van der Waals surface area (Å²) in [5, 5.41) is 13.9. The van der Waals surface area contributed by atoms with Crippen molar-refractivity contribution in [3.63, 3.8) is 0 Å². The third-order valence-electron chi connectivity index (χ3n) is 5.05. The Balaban J connectivity index is 1.65. The SMILES string of the molecule is [CH2]CCCCCCCCCCCCCCCCCCCc1nnn[nH]1. The van der Waals surface area contributed by atoms with Gasteiger partial charge in [0.25, 0.3) is 0 Å². The third-order valence-corrected chi connectivity index (χ3v) is 5.05. The predicted molar refractivity (Wildman–Crippen MR) is 106 cm³/mol. The van der Waals surface area contributed by atoms with E-state index in [9.17, 15) is 0 Å². The van der Waals surface area contributed by atoms with Crippen LogP contribution < -0.4 is 0 Å². The zero-order chi connectivity index (χ0) is 17.8. The zero-order valence-electron chi connectivity index (χ0n) is 16.5. The number of aryl methyl sites for hydroxylation is 1. The molecule has 4 heteroatoms. The molecule has 1 heterocycles. The number of hydrogen-bond donors (Lipinski definition) is 1. The summed E-state index contributed by atoms with van der Waals surface area (Å²) in [6.07, 6.45) is 25.9. The van der Waals surface area contributed by atoms with Crippen molar-refractivity contribution >= 4 is 0 Å². The van der Waals surface area contributed by atoms with Crippen molar-refractivity contribution in [3.8, 4) is 0 Å². The minimum atomic E-state index is 0.925. The molecule has 0 amide bonds. The largest absolute Gasteiger partial charge is 0.243 e. The fraction of sp³-hybridized carbons (Fsp3) is 0.905. The molecule has 145 valence electrons. The number of aromatic nitrogens is 4. The molecule has 0 spiro atoms. The molecule has 0 unspecified atom stereocenters. The molecule has 1 aromatic heterocycles. The molecule has 1 aromatic rings. The predicted octanol–water partition coefficient (Wildman–Crippen LogP) is 6.60. The number of hydrogen-bond acceptors (Lipinski definition) is 3. The van der Waals surface area contributed by atoms with E-state index in [0.717, 1.165) is 18.7 Å². The van der Waals surface area contributed by atoms with Gasteiger partial charge in [-0.25, -0.2) is 5.10 Å². The van der Waals surface area contributed by atoms with Gasteiger partial charge in [-0.3, -0.25) is 0 Å². The number of nitrogens with one attached hydrogen (secondary N) is 1. The molecule has 0 fully saturated rings. The fourth-order valence-electron chi connectivity index (χ4n) is 3.41. The minimum Gasteiger partial charge on any atom is -0.243 e. The lowest BCUT2D eigenvalue weighted by atomic mass is 10.0. The van der Waals surface area contributed by atoms with Gasteiger partial charge in [0.2, 0.25) is 0 Å². The maximum atomic E-state index is 3.91. The van der Waals surface area contributed by atoms with E-state index in [-0.39, 0.29) is 0 Å². The lowest BCUT2D eigenvalue weighted by molar-refractivity contribution is 0.525. The molecule has 25 heavy (non-hydrogen) atoms. The quantitative estimate of drug-likeness (QED) is 0.286. The molecule has 0 bridgehead atoms. The molecule has 0 aromatic carbocycles. The van der Waals surface area contributed by atoms with Crippen LogP contribution in [0.15, 0.2) is 0 Å². The Labute approximate surface area is 156 Å². The highest BCUT2D eigenvalue weighted by molar-refractivity contribution is 4.74. The Morgan fingerprint density at radius 1 is 0.560 bits per heavy atom. The van der Waals surface area contributed by atoms with Crippen LogP contribution in [0.1, 0.15) is 121 Å². The van der Waals surface area contributed by atoms with Crippen LogP contribution in [0.4, 0.5) is 0 Å². The van der Waals surface area contributed by atoms with Gasteiger partial charge in [-0.05, 0) is 16.8 Å². The summed E-state index contributed by atoms with van der Waals surface area (Å²) in [7, 11) is 0. The Morgan fingerprint density at radius 2 is 0.960 bits per heavy atom. The Hall–Kier alpha value is -0.930. The maximum absolute atomic E-state index is 3.91. The maximum Gasteiger partial charge on any atom is 0.148 e. The Bertz CT molecular complexity index is 351. The number of aromatic amines is 1. The van der Waals surface area contributed by atoms with E-state index in [0.29, 0.717) is 0 Å². The molecule has 1 N–H and O–H groups in total. The van der Waals surface area contributed by atoms with Gasteiger partial charge in [-0.1, -0.05) is 116 Å². The topological polar surface area (TPSA) is 54.5 Å². The first-order valence-electron chi connectivity index (χ1n) is 11.0. The van der Waals surface area contributed by atoms with Crippen LogP contribution in [-0.4, -0.2) is 20.6 Å². The third kappa shape index (κ3) is 15.1. The highest BCUT2D eigenvalue weighted by Crippen LogP contribution is 2.14. The van der Waals surface area contributed by atoms with Gasteiger partial charge in [-0.2, -0.15) is 0 Å². The Morgan fingerprint density at radius 3 is 1.32 bits per heavy atom. The highest BCUT2D eigenvalue weighted by atomic mass is 15.5. The van der Waals surface area contributed by atoms with E-state index in [1.54, 1.807) is 0 Å². The Kier molecular flexibility index (Phi) is 15.8. The average Bonchev–Trinajstić information content (AvgIpc) is 3.14. The minimum absolute atomic E-state index is 0.925. The standard InChI is InChI=1S/C21H41N4/c1-2-3-4-5-6-7-8-9-10-11-12-13-14-15-16-17-18-19-20-21-22-24-25-23-21/h1-20H2,(H,22,23,24,25). The molecular weight excluding hydrogens is 308 g/mol. The van der Waals surface area contributed by atoms with Crippen molar-refractivity contribution in [1.82, 2.24) is 20.6 Å². The van der Waals surface area contributed by atoms with Crippen molar-refractivity contribution in [2.45, 2.75) is 122 Å². The molecule has 4 nitrogen and oxygen atoms in total. The van der Waals surface area contributed by atoms with Gasteiger partial charge in [-0.15, -0.1) is 5.10 Å². The van der Waals surface area contributed by atoms with Gasteiger partial charge in [0.05, 0.1) is 0 Å². The van der Waals surface area contributed by atoms with E-state index in [1.807, 2.05) is 0 Å². The molecule has 0 aliphatic rings. The van der Waals surface area contributed by atoms with Crippen LogP contribution >= 0.6 is 0 Å². The van der Waals surface area contributed by atoms with Crippen molar-refractivity contribution < 1.29 is 0 Å². The number of rotatable bonds is 19. The fourth-order valence-corrected chi connectivity index (χ4v) is 3.41. The van der Waals surface area contributed by atoms with Crippen LogP contribution in [0.3, 0.4) is 0 Å². The summed E-state index contributed by atoms with van der Waals surface area (Å²) in [5.41, 5.74) is 0. The zero-order valence-corrected chi connectivity index (χ0v) is 16.5. The molecule has 1 radical (unpaired) electrons. The van der Waals surface area contributed by atoms with Crippen molar-refractivity contribution in [2.24, 2.45) is 0 Å². The molecule has 0 saturated carbocycles. The summed E-state index contributed by atoms with van der Waals surface area (Å²) in [4.78, 5) is 0. The molecule has 0 aliphatic heterocycles. The van der Waals surface area contributed by atoms with Crippen molar-refractivity contribution in [2.75, 3.05) is 0 Å². The van der Waals surface area contributed by atoms with Gasteiger partial charge in [0.15, 0.2) is 0 Å². The number of tetrazole rings is 1. The second kappa shape index (κ2) is 17.9. The van der Waals surface area contributed by atoms with E-state index >= 15 is 0 Å². The number of H-pyrrole nitrogens is 1. The second-order valence-electron chi connectivity index (χ2n) is 7.46.